The fraction of sp³-hybridized carbons (Fsp3) is 0.552. The molecule has 1 aromatic heterocycles. The van der Waals surface area contributed by atoms with Crippen LogP contribution in [0.1, 0.15) is 87.8 Å². The zero-order valence-electron chi connectivity index (χ0n) is 20.9. The fourth-order valence-corrected chi connectivity index (χ4v) is 7.42. The van der Waals surface area contributed by atoms with Gasteiger partial charge in [-0.2, -0.15) is 0 Å². The van der Waals surface area contributed by atoms with Crippen LogP contribution in [0.5, 0.6) is 0 Å². The summed E-state index contributed by atoms with van der Waals surface area (Å²) in [6.07, 6.45) is 7.32. The Kier molecular flexibility index (Phi) is 6.41. The number of hydrogen-bond donors (Lipinski definition) is 2. The summed E-state index contributed by atoms with van der Waals surface area (Å²) in [5.74, 6) is 2.23. The number of carbonyl (C=O) groups is 1. The van der Waals surface area contributed by atoms with Gasteiger partial charge in [0.15, 0.2) is 0 Å². The van der Waals surface area contributed by atoms with Crippen molar-refractivity contribution in [3.63, 3.8) is 0 Å². The second-order valence-corrected chi connectivity index (χ2v) is 11.3. The van der Waals surface area contributed by atoms with E-state index in [0.29, 0.717) is 35.9 Å². The van der Waals surface area contributed by atoms with Gasteiger partial charge in [0, 0.05) is 18.0 Å². The Balaban J connectivity index is 1.31. The molecule has 35 heavy (non-hydrogen) atoms. The molecule has 2 aromatic rings. The molecule has 1 aromatic carbocycles. The summed E-state index contributed by atoms with van der Waals surface area (Å²) >= 11 is 0. The Morgan fingerprint density at radius 1 is 1.29 bits per heavy atom. The number of carbonyl (C=O) groups excluding carboxylic acids is 1. The molecule has 2 saturated carbocycles. The van der Waals surface area contributed by atoms with Crippen LogP contribution in [-0.2, 0) is 11.2 Å². The van der Waals surface area contributed by atoms with Crippen molar-refractivity contribution in [1.29, 1.82) is 0 Å². The standard InChI is InChI=1S/C29H36FN3O2/c1-17(2)19-7-11-26(31-16-19)32-27(34)12-8-18-15-25(33-35)29(3)14-13-21-20-5-4-6-24(30)22(20)9-10-23(21)28(18)29/h4-7,11,16-18,21,23,28,35H,8-10,12-15H2,1-3H3,(H,31,32,34)/b33-25+/t18-,21?,23?,28?,29-/m1/s1. The van der Waals surface area contributed by atoms with Crippen LogP contribution in [-0.4, -0.2) is 21.8 Å². The summed E-state index contributed by atoms with van der Waals surface area (Å²) in [5, 5.41) is 16.6. The number of fused-ring (bicyclic) bond motifs is 5. The maximum atomic E-state index is 14.5. The highest BCUT2D eigenvalue weighted by atomic mass is 19.1. The van der Waals surface area contributed by atoms with Gasteiger partial charge < -0.3 is 10.5 Å². The minimum Gasteiger partial charge on any atom is -0.411 e. The Bertz CT molecular complexity index is 1130. The second-order valence-electron chi connectivity index (χ2n) is 11.3. The second kappa shape index (κ2) is 9.36. The van der Waals surface area contributed by atoms with E-state index in [1.54, 1.807) is 6.07 Å². The van der Waals surface area contributed by atoms with Crippen LogP contribution < -0.4 is 5.32 Å². The lowest BCUT2D eigenvalue weighted by Gasteiger charge is -2.50. The molecule has 5 atom stereocenters. The summed E-state index contributed by atoms with van der Waals surface area (Å²) in [4.78, 5) is 17.2. The number of benzene rings is 1. The number of pyridine rings is 1. The molecule has 3 aliphatic rings. The van der Waals surface area contributed by atoms with Gasteiger partial charge in [0.25, 0.3) is 0 Å². The van der Waals surface area contributed by atoms with Gasteiger partial charge in [-0.25, -0.2) is 9.37 Å². The highest BCUT2D eigenvalue weighted by molar-refractivity contribution is 5.93. The van der Waals surface area contributed by atoms with Crippen molar-refractivity contribution in [3.8, 4) is 0 Å². The number of oxime groups is 1. The number of nitrogens with zero attached hydrogens (tertiary/aromatic N) is 2. The molecule has 3 aliphatic carbocycles. The van der Waals surface area contributed by atoms with Crippen molar-refractivity contribution in [2.75, 3.05) is 5.32 Å². The van der Waals surface area contributed by atoms with Crippen LogP contribution in [0, 0.1) is 29.0 Å². The molecule has 3 unspecified atom stereocenters. The Labute approximate surface area is 207 Å². The van der Waals surface area contributed by atoms with E-state index >= 15 is 0 Å². The van der Waals surface area contributed by atoms with Crippen molar-refractivity contribution < 1.29 is 14.4 Å². The van der Waals surface area contributed by atoms with Crippen molar-refractivity contribution in [3.05, 3.63) is 59.0 Å². The van der Waals surface area contributed by atoms with Crippen LogP contribution in [0.25, 0.3) is 0 Å². The quantitative estimate of drug-likeness (QED) is 0.373. The minimum absolute atomic E-state index is 0.0330. The Morgan fingerprint density at radius 2 is 2.11 bits per heavy atom. The molecule has 0 saturated heterocycles. The third kappa shape index (κ3) is 4.25. The zero-order valence-corrected chi connectivity index (χ0v) is 20.9. The van der Waals surface area contributed by atoms with Gasteiger partial charge in [0.1, 0.15) is 11.6 Å². The number of anilines is 1. The van der Waals surface area contributed by atoms with Gasteiger partial charge >= 0.3 is 0 Å². The average molecular weight is 478 g/mol. The molecule has 2 fully saturated rings. The predicted molar refractivity (Wildman–Crippen MR) is 135 cm³/mol. The molecular formula is C29H36FN3O2. The molecule has 5 nitrogen and oxygen atoms in total. The lowest BCUT2D eigenvalue weighted by molar-refractivity contribution is -0.116. The van der Waals surface area contributed by atoms with E-state index in [2.05, 4.69) is 42.3 Å². The first-order valence-corrected chi connectivity index (χ1v) is 13.1. The van der Waals surface area contributed by atoms with Crippen LogP contribution in [0.4, 0.5) is 10.2 Å². The molecule has 1 heterocycles. The van der Waals surface area contributed by atoms with E-state index in [-0.39, 0.29) is 23.1 Å². The highest BCUT2D eigenvalue weighted by Gasteiger charge is 2.57. The number of rotatable bonds is 5. The topological polar surface area (TPSA) is 74.6 Å². The van der Waals surface area contributed by atoms with Crippen LogP contribution in [0.15, 0.2) is 41.7 Å². The number of nitrogens with one attached hydrogen (secondary N) is 1. The molecule has 0 spiro atoms. The monoisotopic (exact) mass is 477 g/mol. The van der Waals surface area contributed by atoms with Crippen LogP contribution >= 0.6 is 0 Å². The van der Waals surface area contributed by atoms with Crippen LogP contribution in [0.2, 0.25) is 0 Å². The maximum absolute atomic E-state index is 14.5. The molecule has 6 heteroatoms. The van der Waals surface area contributed by atoms with E-state index in [1.165, 1.54) is 5.56 Å². The van der Waals surface area contributed by atoms with Gasteiger partial charge in [0.2, 0.25) is 5.91 Å². The van der Waals surface area contributed by atoms with E-state index in [4.69, 9.17) is 0 Å². The highest BCUT2D eigenvalue weighted by Crippen LogP contribution is 2.62. The van der Waals surface area contributed by atoms with Crippen molar-refractivity contribution in [1.82, 2.24) is 4.98 Å². The SMILES string of the molecule is CC(C)c1ccc(NC(=O)CC[C@@H]2C/C(=N\O)[C@@]3(C)CCC4c5cccc(F)c5CCC4C23)nc1. The Morgan fingerprint density at radius 3 is 2.83 bits per heavy atom. The number of aromatic nitrogens is 1. The Hall–Kier alpha value is -2.76. The minimum atomic E-state index is -0.157. The van der Waals surface area contributed by atoms with Gasteiger partial charge in [-0.1, -0.05) is 44.1 Å². The molecule has 5 rings (SSSR count). The number of halogens is 1. The van der Waals surface area contributed by atoms with E-state index in [9.17, 15) is 14.4 Å². The average Bonchev–Trinajstić information content (AvgIpc) is 3.14. The maximum Gasteiger partial charge on any atom is 0.225 e. The van der Waals surface area contributed by atoms with Gasteiger partial charge in [-0.05, 0) is 96.9 Å². The predicted octanol–water partition coefficient (Wildman–Crippen LogP) is 6.68. The fourth-order valence-electron chi connectivity index (χ4n) is 7.42. The van der Waals surface area contributed by atoms with E-state index in [0.717, 1.165) is 55.4 Å². The summed E-state index contributed by atoms with van der Waals surface area (Å²) in [5.41, 5.74) is 3.92. The zero-order chi connectivity index (χ0) is 24.7. The first-order valence-electron chi connectivity index (χ1n) is 13.1. The third-order valence-corrected chi connectivity index (χ3v) is 9.18. The first-order chi connectivity index (χ1) is 16.8. The lowest BCUT2D eigenvalue weighted by atomic mass is 9.54. The van der Waals surface area contributed by atoms with E-state index < -0.39 is 0 Å². The molecule has 0 radical (unpaired) electrons. The van der Waals surface area contributed by atoms with Gasteiger partial charge in [0.05, 0.1) is 5.71 Å². The van der Waals surface area contributed by atoms with E-state index in [1.807, 2.05) is 24.4 Å². The van der Waals surface area contributed by atoms with Crippen molar-refractivity contribution in [2.45, 2.75) is 77.6 Å². The normalized spacial score (nSPS) is 30.6. The summed E-state index contributed by atoms with van der Waals surface area (Å²) in [7, 11) is 0. The number of amides is 1. The molecule has 1 amide bonds. The van der Waals surface area contributed by atoms with Crippen molar-refractivity contribution in [2.24, 2.45) is 28.3 Å². The van der Waals surface area contributed by atoms with Crippen molar-refractivity contribution >= 4 is 17.4 Å². The third-order valence-electron chi connectivity index (χ3n) is 9.18. The number of hydrogen-bond acceptors (Lipinski definition) is 4. The van der Waals surface area contributed by atoms with Gasteiger partial charge in [-0.15, -0.1) is 0 Å². The van der Waals surface area contributed by atoms with Gasteiger partial charge in [-0.3, -0.25) is 4.79 Å². The summed E-state index contributed by atoms with van der Waals surface area (Å²) in [6.45, 7) is 6.47. The molecular weight excluding hydrogens is 441 g/mol. The summed E-state index contributed by atoms with van der Waals surface area (Å²) < 4.78 is 14.5. The molecule has 186 valence electrons. The molecule has 0 bridgehead atoms. The summed E-state index contributed by atoms with van der Waals surface area (Å²) in [6, 6.07) is 9.38. The first kappa shape index (κ1) is 24.0. The largest absolute Gasteiger partial charge is 0.411 e. The molecule has 2 N–H and O–H groups in total. The molecule has 0 aliphatic heterocycles. The van der Waals surface area contributed by atoms with Crippen LogP contribution in [0.3, 0.4) is 0 Å². The smallest absolute Gasteiger partial charge is 0.225 e. The lowest BCUT2D eigenvalue weighted by Crippen LogP contribution is -2.44.